The molecule has 0 spiro atoms. The van der Waals surface area contributed by atoms with Crippen LogP contribution in [0.5, 0.6) is 0 Å². The van der Waals surface area contributed by atoms with E-state index < -0.39 is 0 Å². The van der Waals surface area contributed by atoms with Crippen LogP contribution in [0.3, 0.4) is 0 Å². The van der Waals surface area contributed by atoms with E-state index in [-0.39, 0.29) is 23.8 Å². The van der Waals surface area contributed by atoms with E-state index in [1.807, 2.05) is 6.92 Å². The number of aryl methyl sites for hydroxylation is 1. The monoisotopic (exact) mass is 359 g/mol. The molecule has 1 saturated heterocycles. The number of carbonyl (C=O) groups is 1. The first-order valence-corrected chi connectivity index (χ1v) is 10.2. The molecule has 0 aromatic heterocycles. The van der Waals surface area contributed by atoms with E-state index >= 15 is 0 Å². The summed E-state index contributed by atoms with van der Waals surface area (Å²) in [5, 5.41) is 10.0. The predicted octanol–water partition coefficient (Wildman–Crippen LogP) is 3.15. The highest BCUT2D eigenvalue weighted by atomic mass is 19.1. The molecule has 26 heavy (non-hydrogen) atoms. The minimum Gasteiger partial charge on any atom is -0.373 e. The number of carbonyl (C=O) groups excluding carboxylic acids is 1. The molecular weight excluding hydrogens is 329 g/mol. The van der Waals surface area contributed by atoms with Gasteiger partial charge in [0.25, 0.3) is 0 Å². The Hall–Kier alpha value is -1.62. The first-order chi connectivity index (χ1) is 12.6. The van der Waals surface area contributed by atoms with Crippen LogP contribution in [0.1, 0.15) is 49.7 Å². The van der Waals surface area contributed by atoms with Gasteiger partial charge in [-0.05, 0) is 75.6 Å². The predicted molar refractivity (Wildman–Crippen MR) is 102 cm³/mol. The molecule has 5 heteroatoms. The van der Waals surface area contributed by atoms with Gasteiger partial charge in [-0.25, -0.2) is 4.39 Å². The Kier molecular flexibility index (Phi) is 5.16. The van der Waals surface area contributed by atoms with Crippen LogP contribution >= 0.6 is 0 Å². The Balaban J connectivity index is 1.35. The number of anilines is 1. The van der Waals surface area contributed by atoms with Crippen LogP contribution in [-0.2, 0) is 11.2 Å². The maximum atomic E-state index is 14.0. The Bertz CT molecular complexity index is 640. The summed E-state index contributed by atoms with van der Waals surface area (Å²) in [6.45, 7) is 4.23. The van der Waals surface area contributed by atoms with Crippen molar-refractivity contribution < 1.29 is 9.18 Å². The third-order valence-corrected chi connectivity index (χ3v) is 6.57. The second kappa shape index (κ2) is 7.55. The van der Waals surface area contributed by atoms with E-state index in [0.717, 1.165) is 49.0 Å². The summed E-state index contributed by atoms with van der Waals surface area (Å²) in [6, 6.07) is 3.18. The molecule has 1 amide bonds. The normalized spacial score (nSPS) is 31.2. The molecule has 0 bridgehead atoms. The number of piperidine rings is 1. The van der Waals surface area contributed by atoms with Gasteiger partial charge in [0, 0.05) is 23.7 Å². The van der Waals surface area contributed by atoms with Gasteiger partial charge in [0.2, 0.25) is 5.91 Å². The summed E-state index contributed by atoms with van der Waals surface area (Å²) in [6.07, 6.45) is 7.66. The van der Waals surface area contributed by atoms with Crippen LogP contribution in [0.25, 0.3) is 0 Å². The van der Waals surface area contributed by atoms with Gasteiger partial charge < -0.3 is 16.0 Å². The fourth-order valence-electron chi connectivity index (χ4n) is 5.10. The number of hydrogen-bond donors (Lipinski definition) is 3. The Morgan fingerprint density at radius 2 is 2.04 bits per heavy atom. The molecule has 4 atom stereocenters. The third-order valence-electron chi connectivity index (χ3n) is 6.57. The lowest BCUT2D eigenvalue weighted by atomic mass is 9.75. The van der Waals surface area contributed by atoms with Crippen molar-refractivity contribution in [1.82, 2.24) is 10.6 Å². The molecular formula is C21H30FN3O. The number of benzene rings is 1. The van der Waals surface area contributed by atoms with Gasteiger partial charge in [0.05, 0.1) is 0 Å². The van der Waals surface area contributed by atoms with Crippen molar-refractivity contribution in [3.8, 4) is 0 Å². The third kappa shape index (κ3) is 3.59. The summed E-state index contributed by atoms with van der Waals surface area (Å²) in [4.78, 5) is 12.8. The first-order valence-electron chi connectivity index (χ1n) is 10.2. The lowest BCUT2D eigenvalue weighted by Gasteiger charge is -2.37. The summed E-state index contributed by atoms with van der Waals surface area (Å²) in [5.74, 6) is 1.28. The van der Waals surface area contributed by atoms with Gasteiger partial charge in [-0.15, -0.1) is 0 Å². The van der Waals surface area contributed by atoms with E-state index in [0.29, 0.717) is 12.0 Å². The quantitative estimate of drug-likeness (QED) is 0.777. The molecule has 1 aromatic carbocycles. The number of hydrogen-bond acceptors (Lipinski definition) is 3. The number of halogens is 1. The molecule has 1 aliphatic carbocycles. The van der Waals surface area contributed by atoms with Gasteiger partial charge in [0.15, 0.2) is 0 Å². The van der Waals surface area contributed by atoms with Gasteiger partial charge in [-0.1, -0.05) is 12.5 Å². The van der Waals surface area contributed by atoms with Gasteiger partial charge >= 0.3 is 0 Å². The van der Waals surface area contributed by atoms with E-state index in [4.69, 9.17) is 0 Å². The van der Waals surface area contributed by atoms with Crippen molar-refractivity contribution in [3.63, 3.8) is 0 Å². The number of fused-ring (bicyclic) bond motifs is 1. The minimum absolute atomic E-state index is 0.0208. The van der Waals surface area contributed by atoms with Crippen molar-refractivity contribution in [2.45, 2.75) is 64.0 Å². The van der Waals surface area contributed by atoms with E-state index in [1.165, 1.54) is 31.7 Å². The SMILES string of the molecule is Cc1ccc(F)c2c1NC(C(=O)N[C@@H]1CCC[C@H](C3CCCNC3)C1)C2. The van der Waals surface area contributed by atoms with Gasteiger partial charge in [-0.3, -0.25) is 4.79 Å². The molecule has 2 fully saturated rings. The highest BCUT2D eigenvalue weighted by Crippen LogP contribution is 2.34. The van der Waals surface area contributed by atoms with Crippen LogP contribution in [-0.4, -0.2) is 31.1 Å². The van der Waals surface area contributed by atoms with Crippen molar-refractivity contribution in [2.24, 2.45) is 11.8 Å². The average molecular weight is 359 g/mol. The molecule has 4 rings (SSSR count). The van der Waals surface area contributed by atoms with Crippen LogP contribution in [0.2, 0.25) is 0 Å². The maximum absolute atomic E-state index is 14.0. The fourth-order valence-corrected chi connectivity index (χ4v) is 5.10. The average Bonchev–Trinajstić information content (AvgIpc) is 3.13. The molecule has 1 aromatic rings. The van der Waals surface area contributed by atoms with Gasteiger partial charge in [-0.2, -0.15) is 0 Å². The number of nitrogens with one attached hydrogen (secondary N) is 3. The smallest absolute Gasteiger partial charge is 0.243 e. The molecule has 2 aliphatic heterocycles. The summed E-state index contributed by atoms with van der Waals surface area (Å²) >= 11 is 0. The summed E-state index contributed by atoms with van der Waals surface area (Å²) in [5.41, 5.74) is 2.46. The molecule has 2 heterocycles. The number of rotatable bonds is 3. The molecule has 4 nitrogen and oxygen atoms in total. The van der Waals surface area contributed by atoms with E-state index in [9.17, 15) is 9.18 Å². The molecule has 3 aliphatic rings. The largest absolute Gasteiger partial charge is 0.373 e. The Morgan fingerprint density at radius 3 is 2.81 bits per heavy atom. The maximum Gasteiger partial charge on any atom is 0.243 e. The molecule has 2 unspecified atom stereocenters. The minimum atomic E-state index is -0.350. The van der Waals surface area contributed by atoms with Crippen molar-refractivity contribution >= 4 is 11.6 Å². The van der Waals surface area contributed by atoms with Crippen molar-refractivity contribution in [2.75, 3.05) is 18.4 Å². The van der Waals surface area contributed by atoms with Crippen LogP contribution in [0.4, 0.5) is 10.1 Å². The van der Waals surface area contributed by atoms with Crippen molar-refractivity contribution in [3.05, 3.63) is 29.1 Å². The Morgan fingerprint density at radius 1 is 1.19 bits per heavy atom. The highest BCUT2D eigenvalue weighted by molar-refractivity contribution is 5.88. The highest BCUT2D eigenvalue weighted by Gasteiger charge is 2.34. The van der Waals surface area contributed by atoms with E-state index in [2.05, 4.69) is 16.0 Å². The summed E-state index contributed by atoms with van der Waals surface area (Å²) < 4.78 is 14.0. The van der Waals surface area contributed by atoms with Crippen LogP contribution < -0.4 is 16.0 Å². The topological polar surface area (TPSA) is 53.2 Å². The lowest BCUT2D eigenvalue weighted by molar-refractivity contribution is -0.122. The molecule has 0 radical (unpaired) electrons. The van der Waals surface area contributed by atoms with Crippen LogP contribution in [0.15, 0.2) is 12.1 Å². The zero-order valence-electron chi connectivity index (χ0n) is 15.6. The second-order valence-corrected chi connectivity index (χ2v) is 8.36. The van der Waals surface area contributed by atoms with Crippen LogP contribution in [0, 0.1) is 24.6 Å². The molecule has 142 valence electrons. The van der Waals surface area contributed by atoms with Gasteiger partial charge in [0.1, 0.15) is 11.9 Å². The first kappa shape index (κ1) is 17.8. The number of amides is 1. The summed E-state index contributed by atoms with van der Waals surface area (Å²) in [7, 11) is 0. The Labute approximate surface area is 155 Å². The van der Waals surface area contributed by atoms with Crippen molar-refractivity contribution in [1.29, 1.82) is 0 Å². The van der Waals surface area contributed by atoms with E-state index in [1.54, 1.807) is 6.07 Å². The standard InChI is InChI=1S/C21H30FN3O/c1-13-7-8-18(22)17-11-19(25-20(13)17)21(26)24-16-6-2-4-14(10-16)15-5-3-9-23-12-15/h7-8,14-16,19,23,25H,2-6,9-12H2,1H3,(H,24,26)/t14-,15?,16+,19?/m0/s1. The zero-order chi connectivity index (χ0) is 18.1. The second-order valence-electron chi connectivity index (χ2n) is 8.36. The fraction of sp³-hybridized carbons (Fsp3) is 0.667. The lowest BCUT2D eigenvalue weighted by Crippen LogP contribution is -2.47. The molecule has 1 saturated carbocycles. The zero-order valence-corrected chi connectivity index (χ0v) is 15.6. The molecule has 3 N–H and O–H groups in total.